The molecule has 3 nitrogen and oxygen atoms in total. The third-order valence-corrected chi connectivity index (χ3v) is 4.44. The summed E-state index contributed by atoms with van der Waals surface area (Å²) >= 11 is 0. The lowest BCUT2D eigenvalue weighted by molar-refractivity contribution is 0.282. The maximum absolute atomic E-state index is 12.8. The zero-order valence-corrected chi connectivity index (χ0v) is 11.6. The molecule has 5 heteroatoms. The van der Waals surface area contributed by atoms with Gasteiger partial charge in [-0.3, -0.25) is 0 Å². The number of hydrogen-bond donors (Lipinski definition) is 1. The molecule has 0 saturated carbocycles. The molecule has 0 saturated heterocycles. The molecule has 0 aliphatic heterocycles. The third kappa shape index (κ3) is 4.15. The minimum atomic E-state index is -3.31. The van der Waals surface area contributed by atoms with Crippen molar-refractivity contribution in [1.29, 1.82) is 0 Å². The van der Waals surface area contributed by atoms with Crippen LogP contribution in [0.15, 0.2) is 48.5 Å². The number of aliphatic hydroxyl groups is 1. The van der Waals surface area contributed by atoms with Gasteiger partial charge in [0, 0.05) is 0 Å². The predicted octanol–water partition coefficient (Wildman–Crippen LogP) is 2.43. The number of rotatable bonds is 5. The average molecular weight is 294 g/mol. The molecule has 0 aliphatic carbocycles. The van der Waals surface area contributed by atoms with Crippen molar-refractivity contribution in [1.82, 2.24) is 0 Å². The highest BCUT2D eigenvalue weighted by atomic mass is 32.2. The normalized spacial score (nSPS) is 11.5. The van der Waals surface area contributed by atoms with Gasteiger partial charge in [-0.05, 0) is 28.8 Å². The average Bonchev–Trinajstić information content (AvgIpc) is 2.41. The summed E-state index contributed by atoms with van der Waals surface area (Å²) in [7, 11) is -3.31. The Labute approximate surface area is 117 Å². The molecule has 0 fully saturated rings. The van der Waals surface area contributed by atoms with Crippen LogP contribution < -0.4 is 0 Å². The fourth-order valence-corrected chi connectivity index (χ4v) is 3.38. The lowest BCUT2D eigenvalue weighted by Crippen LogP contribution is -2.07. The molecule has 0 atom stereocenters. The van der Waals surface area contributed by atoms with Crippen LogP contribution in [0.25, 0.3) is 0 Å². The number of sulfone groups is 1. The second-order valence-electron chi connectivity index (χ2n) is 4.63. The van der Waals surface area contributed by atoms with Gasteiger partial charge in [0.25, 0.3) is 0 Å². The first-order valence-corrected chi connectivity index (χ1v) is 7.94. The molecule has 0 spiro atoms. The quantitative estimate of drug-likeness (QED) is 0.921. The van der Waals surface area contributed by atoms with Gasteiger partial charge >= 0.3 is 0 Å². The summed E-state index contributed by atoms with van der Waals surface area (Å²) in [6.07, 6.45) is 0. The van der Waals surface area contributed by atoms with E-state index >= 15 is 0 Å². The van der Waals surface area contributed by atoms with Crippen LogP contribution in [0.5, 0.6) is 0 Å². The Morgan fingerprint density at radius 2 is 1.20 bits per heavy atom. The second-order valence-corrected chi connectivity index (χ2v) is 6.70. The van der Waals surface area contributed by atoms with E-state index in [4.69, 9.17) is 5.11 Å². The smallest absolute Gasteiger partial charge is 0.158 e. The van der Waals surface area contributed by atoms with Gasteiger partial charge in [-0.1, -0.05) is 36.4 Å². The van der Waals surface area contributed by atoms with Crippen molar-refractivity contribution < 1.29 is 17.9 Å². The molecule has 0 amide bonds. The molecule has 0 radical (unpaired) electrons. The van der Waals surface area contributed by atoms with E-state index in [0.29, 0.717) is 11.1 Å². The SMILES string of the molecule is O=S(=O)(Cc1ccc(F)cc1)Cc1ccc(CO)cc1. The monoisotopic (exact) mass is 294 g/mol. The van der Waals surface area contributed by atoms with E-state index < -0.39 is 9.84 Å². The molecule has 0 unspecified atom stereocenters. The van der Waals surface area contributed by atoms with Crippen molar-refractivity contribution in [3.8, 4) is 0 Å². The van der Waals surface area contributed by atoms with Crippen LogP contribution in [0.1, 0.15) is 16.7 Å². The van der Waals surface area contributed by atoms with E-state index in [9.17, 15) is 12.8 Å². The van der Waals surface area contributed by atoms with E-state index in [0.717, 1.165) is 5.56 Å². The van der Waals surface area contributed by atoms with Gasteiger partial charge in [0.15, 0.2) is 9.84 Å². The Bertz CT molecular complexity index is 661. The van der Waals surface area contributed by atoms with E-state index in [1.165, 1.54) is 24.3 Å². The van der Waals surface area contributed by atoms with Crippen LogP contribution in [0, 0.1) is 5.82 Å². The van der Waals surface area contributed by atoms with Gasteiger partial charge < -0.3 is 5.11 Å². The van der Waals surface area contributed by atoms with Crippen LogP contribution in [-0.2, 0) is 27.9 Å². The highest BCUT2D eigenvalue weighted by Gasteiger charge is 2.13. The van der Waals surface area contributed by atoms with Crippen LogP contribution in [0.3, 0.4) is 0 Å². The molecule has 2 aromatic rings. The maximum Gasteiger partial charge on any atom is 0.158 e. The van der Waals surface area contributed by atoms with Crippen molar-refractivity contribution in [2.75, 3.05) is 0 Å². The Morgan fingerprint density at radius 3 is 1.65 bits per heavy atom. The lowest BCUT2D eigenvalue weighted by Gasteiger charge is -2.06. The van der Waals surface area contributed by atoms with Gasteiger partial charge in [-0.25, -0.2) is 12.8 Å². The van der Waals surface area contributed by atoms with Crippen LogP contribution >= 0.6 is 0 Å². The molecule has 0 heterocycles. The molecular weight excluding hydrogens is 279 g/mol. The standard InChI is InChI=1S/C15H15FO3S/c16-15-7-5-14(6-8-15)11-20(18,19)10-13-3-1-12(9-17)2-4-13/h1-8,17H,9-11H2. The number of aliphatic hydroxyl groups excluding tert-OH is 1. The minimum Gasteiger partial charge on any atom is -0.392 e. The summed E-state index contributed by atoms with van der Waals surface area (Å²) in [5.74, 6) is -0.573. The van der Waals surface area contributed by atoms with E-state index in [2.05, 4.69) is 0 Å². The first kappa shape index (κ1) is 14.7. The highest BCUT2D eigenvalue weighted by Crippen LogP contribution is 2.14. The third-order valence-electron chi connectivity index (χ3n) is 2.89. The fourth-order valence-electron chi connectivity index (χ4n) is 1.88. The molecule has 2 rings (SSSR count). The topological polar surface area (TPSA) is 54.4 Å². The maximum atomic E-state index is 12.8. The predicted molar refractivity (Wildman–Crippen MR) is 75.1 cm³/mol. The summed E-state index contributed by atoms with van der Waals surface area (Å²) in [5.41, 5.74) is 1.98. The first-order chi connectivity index (χ1) is 9.48. The minimum absolute atomic E-state index is 0.0669. The van der Waals surface area contributed by atoms with Gasteiger partial charge in [0.2, 0.25) is 0 Å². The van der Waals surface area contributed by atoms with Crippen molar-refractivity contribution in [3.63, 3.8) is 0 Å². The van der Waals surface area contributed by atoms with E-state index in [1.54, 1.807) is 24.3 Å². The first-order valence-electron chi connectivity index (χ1n) is 6.12. The fraction of sp³-hybridized carbons (Fsp3) is 0.200. The summed E-state index contributed by atoms with van der Waals surface area (Å²) < 4.78 is 36.9. The Morgan fingerprint density at radius 1 is 0.800 bits per heavy atom. The van der Waals surface area contributed by atoms with E-state index in [1.807, 2.05) is 0 Å². The molecule has 20 heavy (non-hydrogen) atoms. The zero-order chi connectivity index (χ0) is 14.6. The van der Waals surface area contributed by atoms with Gasteiger partial charge in [-0.15, -0.1) is 0 Å². The van der Waals surface area contributed by atoms with Gasteiger partial charge in [-0.2, -0.15) is 0 Å². The van der Waals surface area contributed by atoms with Crippen LogP contribution in [0.2, 0.25) is 0 Å². The number of hydrogen-bond acceptors (Lipinski definition) is 3. The highest BCUT2D eigenvalue weighted by molar-refractivity contribution is 7.89. The van der Waals surface area contributed by atoms with Crippen molar-refractivity contribution >= 4 is 9.84 Å². The van der Waals surface area contributed by atoms with Crippen molar-refractivity contribution in [2.45, 2.75) is 18.1 Å². The van der Waals surface area contributed by atoms with Crippen molar-refractivity contribution in [3.05, 3.63) is 71.0 Å². The van der Waals surface area contributed by atoms with Crippen LogP contribution in [0.4, 0.5) is 4.39 Å². The summed E-state index contributed by atoms with van der Waals surface area (Å²) in [4.78, 5) is 0. The second kappa shape index (κ2) is 6.15. The Balaban J connectivity index is 2.08. The summed E-state index contributed by atoms with van der Waals surface area (Å²) in [5, 5.41) is 8.93. The number of benzene rings is 2. The Kier molecular flexibility index (Phi) is 4.52. The zero-order valence-electron chi connectivity index (χ0n) is 10.8. The lowest BCUT2D eigenvalue weighted by atomic mass is 10.2. The molecule has 1 N–H and O–H groups in total. The molecule has 2 aromatic carbocycles. The molecule has 0 aromatic heterocycles. The summed E-state index contributed by atoms with van der Waals surface area (Å²) in [6.45, 7) is -0.0669. The molecule has 106 valence electrons. The van der Waals surface area contributed by atoms with Gasteiger partial charge in [0.1, 0.15) is 5.82 Å². The molecule has 0 bridgehead atoms. The summed E-state index contributed by atoms with van der Waals surface area (Å²) in [6, 6.07) is 12.2. The molecular formula is C15H15FO3S. The van der Waals surface area contributed by atoms with Gasteiger partial charge in [0.05, 0.1) is 18.1 Å². The van der Waals surface area contributed by atoms with E-state index in [-0.39, 0.29) is 23.9 Å². The van der Waals surface area contributed by atoms with Crippen molar-refractivity contribution in [2.24, 2.45) is 0 Å². The van der Waals surface area contributed by atoms with Crippen LogP contribution in [-0.4, -0.2) is 13.5 Å². The molecule has 0 aliphatic rings. The Hall–Kier alpha value is -1.72. The largest absolute Gasteiger partial charge is 0.392 e. The number of halogens is 1.